The summed E-state index contributed by atoms with van der Waals surface area (Å²) in [5.74, 6) is 0.158. The number of aromatic nitrogens is 2. The molecule has 3 heteroatoms. The fourth-order valence-corrected chi connectivity index (χ4v) is 1.26. The number of nitrogens with zero attached hydrogens (tertiary/aromatic N) is 2. The summed E-state index contributed by atoms with van der Waals surface area (Å²) in [6.07, 6.45) is 3.35. The quantitative estimate of drug-likeness (QED) is 0.742. The van der Waals surface area contributed by atoms with Crippen LogP contribution in [0.3, 0.4) is 0 Å². The second kappa shape index (κ2) is 3.46. The second-order valence-corrected chi connectivity index (χ2v) is 3.09. The third-order valence-corrected chi connectivity index (χ3v) is 1.94. The summed E-state index contributed by atoms with van der Waals surface area (Å²) in [5, 5.41) is 9.55. The first kappa shape index (κ1) is 8.69. The van der Waals surface area contributed by atoms with Crippen molar-refractivity contribution in [2.45, 2.75) is 6.92 Å². The van der Waals surface area contributed by atoms with Gasteiger partial charge in [0.1, 0.15) is 11.4 Å². The van der Waals surface area contributed by atoms with Crippen molar-refractivity contribution in [2.75, 3.05) is 0 Å². The second-order valence-electron chi connectivity index (χ2n) is 3.09. The van der Waals surface area contributed by atoms with Crippen molar-refractivity contribution in [3.63, 3.8) is 0 Å². The van der Waals surface area contributed by atoms with Crippen LogP contribution in [0.4, 0.5) is 0 Å². The van der Waals surface area contributed by atoms with E-state index < -0.39 is 0 Å². The Balaban J connectivity index is 2.55. The highest BCUT2D eigenvalue weighted by molar-refractivity contribution is 5.61. The number of pyridine rings is 2. The van der Waals surface area contributed by atoms with Crippen molar-refractivity contribution in [3.05, 3.63) is 42.2 Å². The zero-order chi connectivity index (χ0) is 9.97. The van der Waals surface area contributed by atoms with E-state index in [2.05, 4.69) is 9.97 Å². The summed E-state index contributed by atoms with van der Waals surface area (Å²) in [4.78, 5) is 8.23. The highest BCUT2D eigenvalue weighted by Crippen LogP contribution is 2.24. The van der Waals surface area contributed by atoms with E-state index in [0.29, 0.717) is 11.4 Å². The molecule has 0 aromatic carbocycles. The summed E-state index contributed by atoms with van der Waals surface area (Å²) in [7, 11) is 0. The van der Waals surface area contributed by atoms with Gasteiger partial charge < -0.3 is 5.11 Å². The molecule has 0 saturated heterocycles. The average molecular weight is 186 g/mol. The Hall–Kier alpha value is -1.90. The fraction of sp³-hybridized carbons (Fsp3) is 0.0909. The highest BCUT2D eigenvalue weighted by atomic mass is 16.3. The summed E-state index contributed by atoms with van der Waals surface area (Å²) in [6.45, 7) is 1.98. The van der Waals surface area contributed by atoms with Crippen LogP contribution in [0.15, 0.2) is 36.7 Å². The molecule has 2 heterocycles. The third-order valence-electron chi connectivity index (χ3n) is 1.94. The van der Waals surface area contributed by atoms with Gasteiger partial charge in [0.15, 0.2) is 0 Å². The SMILES string of the molecule is Cc1ccnc(-c2ncccc2O)c1. The van der Waals surface area contributed by atoms with Crippen molar-refractivity contribution in [1.82, 2.24) is 9.97 Å². The summed E-state index contributed by atoms with van der Waals surface area (Å²) < 4.78 is 0. The van der Waals surface area contributed by atoms with E-state index >= 15 is 0 Å². The molecular weight excluding hydrogens is 176 g/mol. The number of hydrogen-bond acceptors (Lipinski definition) is 3. The van der Waals surface area contributed by atoms with Crippen molar-refractivity contribution < 1.29 is 5.11 Å². The molecular formula is C11H10N2O. The molecule has 3 nitrogen and oxygen atoms in total. The zero-order valence-electron chi connectivity index (χ0n) is 7.81. The normalized spacial score (nSPS) is 10.1. The molecule has 0 saturated carbocycles. The lowest BCUT2D eigenvalue weighted by atomic mass is 10.2. The average Bonchev–Trinajstić information content (AvgIpc) is 2.18. The van der Waals surface area contributed by atoms with Crippen molar-refractivity contribution in [2.24, 2.45) is 0 Å². The van der Waals surface area contributed by atoms with Crippen LogP contribution < -0.4 is 0 Å². The molecule has 0 fully saturated rings. The van der Waals surface area contributed by atoms with E-state index in [-0.39, 0.29) is 5.75 Å². The largest absolute Gasteiger partial charge is 0.506 e. The number of aryl methyl sites for hydroxylation is 1. The molecule has 1 N–H and O–H groups in total. The maximum Gasteiger partial charge on any atom is 0.143 e. The summed E-state index contributed by atoms with van der Waals surface area (Å²) in [6, 6.07) is 7.09. The van der Waals surface area contributed by atoms with Gasteiger partial charge in [0.25, 0.3) is 0 Å². The maximum atomic E-state index is 9.55. The molecule has 0 aliphatic heterocycles. The summed E-state index contributed by atoms with van der Waals surface area (Å²) >= 11 is 0. The number of rotatable bonds is 1. The van der Waals surface area contributed by atoms with Crippen LogP contribution in [-0.4, -0.2) is 15.1 Å². The molecule has 0 bridgehead atoms. The first-order chi connectivity index (χ1) is 6.77. The van der Waals surface area contributed by atoms with E-state index in [0.717, 1.165) is 5.56 Å². The van der Waals surface area contributed by atoms with Gasteiger partial charge in [-0.2, -0.15) is 0 Å². The number of aromatic hydroxyl groups is 1. The molecule has 2 aromatic heterocycles. The van der Waals surface area contributed by atoms with Crippen LogP contribution in [0, 0.1) is 6.92 Å². The first-order valence-electron chi connectivity index (χ1n) is 4.34. The van der Waals surface area contributed by atoms with Gasteiger partial charge in [0.05, 0.1) is 5.69 Å². The smallest absolute Gasteiger partial charge is 0.143 e. The molecule has 70 valence electrons. The van der Waals surface area contributed by atoms with E-state index in [1.807, 2.05) is 19.1 Å². The van der Waals surface area contributed by atoms with E-state index in [1.54, 1.807) is 24.5 Å². The van der Waals surface area contributed by atoms with Gasteiger partial charge in [-0.05, 0) is 36.8 Å². The van der Waals surface area contributed by atoms with Crippen molar-refractivity contribution in [1.29, 1.82) is 0 Å². The van der Waals surface area contributed by atoms with Gasteiger partial charge in [-0.3, -0.25) is 9.97 Å². The van der Waals surface area contributed by atoms with E-state index in [4.69, 9.17) is 0 Å². The lowest BCUT2D eigenvalue weighted by Gasteiger charge is -2.02. The summed E-state index contributed by atoms with van der Waals surface area (Å²) in [5.41, 5.74) is 2.32. The van der Waals surface area contributed by atoms with Crippen LogP contribution in [-0.2, 0) is 0 Å². The Bertz CT molecular complexity index is 455. The minimum absolute atomic E-state index is 0.158. The standard InChI is InChI=1S/C11H10N2O/c1-8-4-6-12-9(7-8)11-10(14)3-2-5-13-11/h2-7,14H,1H3. The van der Waals surface area contributed by atoms with Gasteiger partial charge >= 0.3 is 0 Å². The van der Waals surface area contributed by atoms with Crippen molar-refractivity contribution >= 4 is 0 Å². The third kappa shape index (κ3) is 1.57. The Morgan fingerprint density at radius 2 is 2.00 bits per heavy atom. The van der Waals surface area contributed by atoms with Gasteiger partial charge in [0.2, 0.25) is 0 Å². The predicted octanol–water partition coefficient (Wildman–Crippen LogP) is 2.16. The van der Waals surface area contributed by atoms with Gasteiger partial charge in [-0.15, -0.1) is 0 Å². The van der Waals surface area contributed by atoms with Gasteiger partial charge in [-0.1, -0.05) is 0 Å². The van der Waals surface area contributed by atoms with E-state index in [9.17, 15) is 5.11 Å². The molecule has 0 atom stereocenters. The van der Waals surface area contributed by atoms with Crippen LogP contribution in [0.1, 0.15) is 5.56 Å². The molecule has 2 aromatic rings. The molecule has 0 amide bonds. The fourth-order valence-electron chi connectivity index (χ4n) is 1.26. The molecule has 0 aliphatic carbocycles. The van der Waals surface area contributed by atoms with Crippen LogP contribution in [0.25, 0.3) is 11.4 Å². The van der Waals surface area contributed by atoms with Crippen LogP contribution in [0.5, 0.6) is 5.75 Å². The first-order valence-corrected chi connectivity index (χ1v) is 4.34. The highest BCUT2D eigenvalue weighted by Gasteiger charge is 2.05. The zero-order valence-corrected chi connectivity index (χ0v) is 7.81. The topological polar surface area (TPSA) is 46.0 Å². The Morgan fingerprint density at radius 3 is 2.71 bits per heavy atom. The molecule has 0 unspecified atom stereocenters. The molecule has 0 spiro atoms. The van der Waals surface area contributed by atoms with Gasteiger partial charge in [-0.25, -0.2) is 0 Å². The van der Waals surface area contributed by atoms with E-state index in [1.165, 1.54) is 0 Å². The minimum atomic E-state index is 0.158. The predicted molar refractivity (Wildman–Crippen MR) is 53.9 cm³/mol. The number of hydrogen-bond donors (Lipinski definition) is 1. The molecule has 2 rings (SSSR count). The minimum Gasteiger partial charge on any atom is -0.506 e. The monoisotopic (exact) mass is 186 g/mol. The Kier molecular flexibility index (Phi) is 2.14. The Labute approximate surface area is 82.1 Å². The lowest BCUT2D eigenvalue weighted by molar-refractivity contribution is 0.475. The van der Waals surface area contributed by atoms with Gasteiger partial charge in [0, 0.05) is 12.4 Å². The molecule has 0 radical (unpaired) electrons. The maximum absolute atomic E-state index is 9.55. The molecule has 14 heavy (non-hydrogen) atoms. The van der Waals surface area contributed by atoms with Crippen LogP contribution >= 0.6 is 0 Å². The van der Waals surface area contributed by atoms with Crippen molar-refractivity contribution in [3.8, 4) is 17.1 Å². The Morgan fingerprint density at radius 1 is 1.14 bits per heavy atom. The van der Waals surface area contributed by atoms with Crippen LogP contribution in [0.2, 0.25) is 0 Å². The molecule has 0 aliphatic rings. The lowest BCUT2D eigenvalue weighted by Crippen LogP contribution is -1.87.